The van der Waals surface area contributed by atoms with Gasteiger partial charge in [0.15, 0.2) is 5.82 Å². The molecule has 10 nitrogen and oxygen atoms in total. The summed E-state index contributed by atoms with van der Waals surface area (Å²) in [6.07, 6.45) is 2.19. The molecule has 0 aliphatic heterocycles. The van der Waals surface area contributed by atoms with Crippen LogP contribution in [0.4, 0.5) is 0 Å². The van der Waals surface area contributed by atoms with Crippen molar-refractivity contribution in [3.8, 4) is 0 Å². The van der Waals surface area contributed by atoms with Crippen LogP contribution < -0.4 is 4.72 Å². The van der Waals surface area contributed by atoms with E-state index in [0.717, 1.165) is 17.1 Å². The summed E-state index contributed by atoms with van der Waals surface area (Å²) in [6, 6.07) is 0. The van der Waals surface area contributed by atoms with E-state index >= 15 is 0 Å². The zero-order valence-corrected chi connectivity index (χ0v) is 11.2. The van der Waals surface area contributed by atoms with E-state index < -0.39 is 22.5 Å². The average Bonchev–Trinajstić information content (AvgIpc) is 2.95. The number of hydrogen-bond acceptors (Lipinski definition) is 7. The molecule has 0 amide bonds. The highest BCUT2D eigenvalue weighted by Gasteiger charge is 2.18. The van der Waals surface area contributed by atoms with Crippen LogP contribution in [0.25, 0.3) is 0 Å². The highest BCUT2D eigenvalue weighted by Crippen LogP contribution is 2.07. The van der Waals surface area contributed by atoms with E-state index in [9.17, 15) is 13.2 Å². The molecule has 0 radical (unpaired) electrons. The number of rotatable bonds is 6. The van der Waals surface area contributed by atoms with Gasteiger partial charge in [-0.25, -0.2) is 13.1 Å². The first kappa shape index (κ1) is 14.1. The highest BCUT2D eigenvalue weighted by molar-refractivity contribution is 7.89. The molecule has 0 spiro atoms. The fourth-order valence-corrected chi connectivity index (χ4v) is 2.30. The van der Waals surface area contributed by atoms with Crippen molar-refractivity contribution in [3.05, 3.63) is 24.1 Å². The molecule has 0 unspecified atom stereocenters. The summed E-state index contributed by atoms with van der Waals surface area (Å²) in [5.74, 6) is -0.593. The molecule has 0 aromatic carbocycles. The third-order valence-corrected chi connectivity index (χ3v) is 3.56. The normalized spacial score (nSPS) is 11.7. The van der Waals surface area contributed by atoms with Gasteiger partial charge in [-0.1, -0.05) is 5.16 Å². The van der Waals surface area contributed by atoms with Crippen molar-refractivity contribution >= 4 is 16.0 Å². The predicted octanol–water partition coefficient (Wildman–Crippen LogP) is -0.862. The molecule has 2 aromatic rings. The minimum atomic E-state index is -3.81. The first-order valence-corrected chi connectivity index (χ1v) is 6.88. The third-order valence-electron chi connectivity index (χ3n) is 2.21. The minimum Gasteiger partial charge on any atom is -0.480 e. The van der Waals surface area contributed by atoms with Gasteiger partial charge in [0.25, 0.3) is 0 Å². The van der Waals surface area contributed by atoms with Crippen molar-refractivity contribution in [2.75, 3.05) is 0 Å². The maximum absolute atomic E-state index is 11.9. The van der Waals surface area contributed by atoms with E-state index in [1.54, 1.807) is 6.92 Å². The van der Waals surface area contributed by atoms with E-state index in [2.05, 4.69) is 20.0 Å². The molecule has 2 aromatic heterocycles. The zero-order chi connectivity index (χ0) is 14.8. The molecule has 0 aliphatic carbocycles. The Bertz CT molecular complexity index is 719. The summed E-state index contributed by atoms with van der Waals surface area (Å²) >= 11 is 0. The van der Waals surface area contributed by atoms with E-state index in [4.69, 9.17) is 9.63 Å². The Hall–Kier alpha value is -2.27. The molecule has 2 N–H and O–H groups in total. The molecule has 2 rings (SSSR count). The zero-order valence-electron chi connectivity index (χ0n) is 10.3. The fraction of sp³-hybridized carbons (Fsp3) is 0.333. The summed E-state index contributed by atoms with van der Waals surface area (Å²) in [5.41, 5.74) is 0. The second-order valence-corrected chi connectivity index (χ2v) is 5.59. The summed E-state index contributed by atoms with van der Waals surface area (Å²) in [7, 11) is -3.81. The van der Waals surface area contributed by atoms with E-state index in [1.807, 2.05) is 0 Å². The topological polar surface area (TPSA) is 140 Å². The minimum absolute atomic E-state index is 0.135. The van der Waals surface area contributed by atoms with Crippen molar-refractivity contribution < 1.29 is 22.8 Å². The first-order chi connectivity index (χ1) is 9.37. The second-order valence-electron chi connectivity index (χ2n) is 3.82. The number of aliphatic carboxylic acids is 1. The predicted molar refractivity (Wildman–Crippen MR) is 62.9 cm³/mol. The van der Waals surface area contributed by atoms with Gasteiger partial charge in [-0.15, -0.1) is 0 Å². The fourth-order valence-electron chi connectivity index (χ4n) is 1.36. The molecule has 0 fully saturated rings. The van der Waals surface area contributed by atoms with Crippen molar-refractivity contribution in [1.82, 2.24) is 24.6 Å². The van der Waals surface area contributed by atoms with Gasteiger partial charge in [0.2, 0.25) is 15.9 Å². The molecule has 0 saturated heterocycles. The number of carboxylic acids is 1. The molecule has 0 aliphatic rings. The number of aromatic nitrogens is 4. The van der Waals surface area contributed by atoms with Gasteiger partial charge in [0.1, 0.15) is 11.4 Å². The number of aryl methyl sites for hydroxylation is 1. The van der Waals surface area contributed by atoms with Gasteiger partial charge in [0, 0.05) is 13.1 Å². The van der Waals surface area contributed by atoms with Crippen LogP contribution in [0.2, 0.25) is 0 Å². The second kappa shape index (κ2) is 5.38. The molecular weight excluding hydrogens is 290 g/mol. The molecule has 0 saturated carbocycles. The van der Waals surface area contributed by atoms with Crippen molar-refractivity contribution in [1.29, 1.82) is 0 Å². The Balaban J connectivity index is 2.06. The van der Waals surface area contributed by atoms with Gasteiger partial charge in [-0.3, -0.25) is 9.48 Å². The van der Waals surface area contributed by atoms with Crippen LogP contribution in [0.1, 0.15) is 11.7 Å². The largest absolute Gasteiger partial charge is 0.480 e. The average molecular weight is 301 g/mol. The van der Waals surface area contributed by atoms with Gasteiger partial charge in [0.05, 0.1) is 12.7 Å². The van der Waals surface area contributed by atoms with E-state index in [-0.39, 0.29) is 17.3 Å². The summed E-state index contributed by atoms with van der Waals surface area (Å²) < 4.78 is 31.8. The quantitative estimate of drug-likeness (QED) is 0.702. The SMILES string of the molecule is Cc1nc(CNS(=O)(=O)c2cnn(CC(=O)O)c2)no1. The number of sulfonamides is 1. The lowest BCUT2D eigenvalue weighted by Crippen LogP contribution is -2.23. The van der Waals surface area contributed by atoms with Crippen molar-refractivity contribution in [2.24, 2.45) is 0 Å². The number of carbonyl (C=O) groups is 1. The van der Waals surface area contributed by atoms with Gasteiger partial charge < -0.3 is 9.63 Å². The number of hydrogen-bond donors (Lipinski definition) is 2. The van der Waals surface area contributed by atoms with Crippen LogP contribution in [0.3, 0.4) is 0 Å². The first-order valence-electron chi connectivity index (χ1n) is 5.40. The van der Waals surface area contributed by atoms with Crippen LogP contribution in [-0.2, 0) is 27.9 Å². The van der Waals surface area contributed by atoms with Crippen LogP contribution in [0.15, 0.2) is 21.8 Å². The lowest BCUT2D eigenvalue weighted by molar-refractivity contribution is -0.137. The Morgan fingerprint density at radius 3 is 2.90 bits per heavy atom. The van der Waals surface area contributed by atoms with Crippen LogP contribution in [-0.4, -0.2) is 39.4 Å². The monoisotopic (exact) mass is 301 g/mol. The Kier molecular flexibility index (Phi) is 3.81. The lowest BCUT2D eigenvalue weighted by atomic mass is 10.6. The number of nitrogens with zero attached hydrogens (tertiary/aromatic N) is 4. The Labute approximate surface area is 113 Å². The Morgan fingerprint density at radius 2 is 2.30 bits per heavy atom. The summed E-state index contributed by atoms with van der Waals surface area (Å²) in [5, 5.41) is 15.8. The maximum Gasteiger partial charge on any atom is 0.325 e. The molecule has 0 bridgehead atoms. The van der Waals surface area contributed by atoms with Crippen LogP contribution in [0.5, 0.6) is 0 Å². The summed E-state index contributed by atoms with van der Waals surface area (Å²) in [6.45, 7) is 1.03. The molecule has 2 heterocycles. The standard InChI is InChI=1S/C9H11N5O5S/c1-6-12-8(13-19-6)3-11-20(17,18)7-2-10-14(4-7)5-9(15)16/h2,4,11H,3,5H2,1H3,(H,15,16). The lowest BCUT2D eigenvalue weighted by Gasteiger charge is -2.01. The molecule has 0 atom stereocenters. The molecule has 20 heavy (non-hydrogen) atoms. The Morgan fingerprint density at radius 1 is 1.55 bits per heavy atom. The van der Waals surface area contributed by atoms with Crippen molar-refractivity contribution in [2.45, 2.75) is 24.9 Å². The van der Waals surface area contributed by atoms with E-state index in [1.165, 1.54) is 0 Å². The molecular formula is C9H11N5O5S. The van der Waals surface area contributed by atoms with Crippen LogP contribution >= 0.6 is 0 Å². The molecule has 11 heteroatoms. The highest BCUT2D eigenvalue weighted by atomic mass is 32.2. The molecule has 108 valence electrons. The van der Waals surface area contributed by atoms with Crippen molar-refractivity contribution in [3.63, 3.8) is 0 Å². The van der Waals surface area contributed by atoms with E-state index in [0.29, 0.717) is 5.89 Å². The van der Waals surface area contributed by atoms with Gasteiger partial charge >= 0.3 is 5.97 Å². The number of carboxylic acid groups (broad SMARTS) is 1. The van der Waals surface area contributed by atoms with Gasteiger partial charge in [-0.2, -0.15) is 10.1 Å². The van der Waals surface area contributed by atoms with Crippen LogP contribution in [0, 0.1) is 6.92 Å². The third kappa shape index (κ3) is 3.39. The smallest absolute Gasteiger partial charge is 0.325 e. The van der Waals surface area contributed by atoms with Gasteiger partial charge in [-0.05, 0) is 0 Å². The summed E-state index contributed by atoms with van der Waals surface area (Å²) in [4.78, 5) is 14.2. The maximum atomic E-state index is 11.9. The number of nitrogens with one attached hydrogen (secondary N) is 1.